The Kier molecular flexibility index (Phi) is 9.49. The van der Waals surface area contributed by atoms with Crippen LogP contribution in [0.3, 0.4) is 0 Å². The molecule has 7 unspecified atom stereocenters. The van der Waals surface area contributed by atoms with Crippen LogP contribution in [0.2, 0.25) is 0 Å². The molecule has 5 heteroatoms. The van der Waals surface area contributed by atoms with Crippen LogP contribution in [0.5, 0.6) is 0 Å². The molecule has 2 aliphatic heterocycles. The van der Waals surface area contributed by atoms with E-state index in [4.69, 9.17) is 9.98 Å². The Hall–Kier alpha value is -8.28. The number of fused-ring (bicyclic) bond motifs is 14. The normalized spacial score (nSPS) is 25.7. The van der Waals surface area contributed by atoms with Crippen molar-refractivity contribution in [2.75, 3.05) is 0 Å². The van der Waals surface area contributed by atoms with Crippen molar-refractivity contribution in [1.29, 1.82) is 0 Å². The molecule has 0 saturated carbocycles. The highest BCUT2D eigenvalue weighted by Crippen LogP contribution is 2.54. The number of amidine groups is 2. The molecule has 3 heterocycles. The van der Waals surface area contributed by atoms with Gasteiger partial charge < -0.3 is 14.8 Å². The van der Waals surface area contributed by atoms with Crippen molar-refractivity contribution in [1.82, 2.24) is 14.8 Å². The van der Waals surface area contributed by atoms with Crippen molar-refractivity contribution in [3.8, 4) is 0 Å². The van der Waals surface area contributed by atoms with Crippen molar-refractivity contribution in [2.24, 2.45) is 39.6 Å². The fraction of sp³-hybridized carbons (Fsp3) is 0.188. The molecule has 7 aromatic carbocycles. The van der Waals surface area contributed by atoms with Crippen molar-refractivity contribution >= 4 is 77.6 Å². The monoisotopic (exact) mass is 953 g/mol. The van der Waals surface area contributed by atoms with E-state index in [1.165, 1.54) is 99.1 Å². The zero-order valence-electron chi connectivity index (χ0n) is 41.3. The minimum absolute atomic E-state index is 0.0339. The molecule has 8 aliphatic rings. The van der Waals surface area contributed by atoms with Gasteiger partial charge in [-0.05, 0) is 136 Å². The maximum atomic E-state index is 5.71. The molecule has 356 valence electrons. The first kappa shape index (κ1) is 42.2. The standard InChI is InChI=1S/C69H55N5/c1-2-16-46-35-49(29-25-42(46)13-1)67-70-68(50-30-28-45-27-26-43-14-3-6-18-54(43)60(45)39-50)72-69(71-67)62-41-53(36-48-17-5-7-19-55(48)62)73-63-23-11-10-22-58(63)61-38-47-31-33-52(37-51(47)40-65(61)73)74-64-24-12-9-21-57(64)59-34-32-44-15-4-8-20-56(44)66(59)74/h1-10,12-22,24,26-28,30,32-37,39-41,47,55,58,61-63,69H,11,23,25,29,31,38H2,(H,70,71,72). The molecule has 1 N–H and O–H groups in total. The van der Waals surface area contributed by atoms with E-state index in [-0.39, 0.29) is 18.0 Å². The maximum Gasteiger partial charge on any atom is 0.155 e. The lowest BCUT2D eigenvalue weighted by atomic mass is 9.72. The molecule has 16 rings (SSSR count). The van der Waals surface area contributed by atoms with Crippen molar-refractivity contribution in [3.63, 3.8) is 0 Å². The number of hydrogen-bond donors (Lipinski definition) is 1. The van der Waals surface area contributed by atoms with Crippen LogP contribution in [0.4, 0.5) is 0 Å². The van der Waals surface area contributed by atoms with Crippen molar-refractivity contribution in [3.05, 3.63) is 251 Å². The highest BCUT2D eigenvalue weighted by atomic mass is 15.2. The molecule has 1 saturated heterocycles. The lowest BCUT2D eigenvalue weighted by molar-refractivity contribution is 0.292. The number of hydrogen-bond acceptors (Lipinski definition) is 4. The quantitative estimate of drug-likeness (QED) is 0.138. The molecule has 1 aromatic heterocycles. The van der Waals surface area contributed by atoms with Gasteiger partial charge >= 0.3 is 0 Å². The molecular weight excluding hydrogens is 899 g/mol. The third kappa shape index (κ3) is 6.61. The van der Waals surface area contributed by atoms with E-state index in [9.17, 15) is 0 Å². The fourth-order valence-electron chi connectivity index (χ4n) is 14.4. The second-order valence-corrected chi connectivity index (χ2v) is 21.8. The number of aliphatic imine (C=N–C) groups is 2. The SMILES string of the molecule is C1=CC2=CC(N3C4=CC5=CC(n6c7ccccc7c7ccc8ccccc8c76)=CCC5CC4C4C=CCCC43)=CC(C3N=C(C4=Cc5ccccc5CC4)N=C(c4ccc5ccc6ccccc6c5c4)N3)C2C=C1. The molecule has 0 radical (unpaired) electrons. The van der Waals surface area contributed by atoms with Crippen LogP contribution in [0.1, 0.15) is 48.8 Å². The van der Waals surface area contributed by atoms with Gasteiger partial charge in [0.1, 0.15) is 12.0 Å². The molecule has 7 atom stereocenters. The van der Waals surface area contributed by atoms with Gasteiger partial charge in [0.25, 0.3) is 0 Å². The van der Waals surface area contributed by atoms with E-state index in [0.29, 0.717) is 23.8 Å². The van der Waals surface area contributed by atoms with Crippen LogP contribution >= 0.6 is 0 Å². The number of benzene rings is 7. The Morgan fingerprint density at radius 3 is 2.34 bits per heavy atom. The number of allylic oxidation sites excluding steroid dienone is 13. The van der Waals surface area contributed by atoms with E-state index in [0.717, 1.165) is 55.8 Å². The first-order valence-corrected chi connectivity index (χ1v) is 27.1. The number of para-hydroxylation sites is 1. The van der Waals surface area contributed by atoms with Gasteiger partial charge in [-0.1, -0.05) is 176 Å². The zero-order valence-corrected chi connectivity index (χ0v) is 41.3. The Bertz CT molecular complexity index is 4120. The second kappa shape index (κ2) is 16.6. The van der Waals surface area contributed by atoms with Crippen LogP contribution in [-0.2, 0) is 6.42 Å². The molecule has 0 spiro atoms. The third-order valence-corrected chi connectivity index (χ3v) is 17.9. The summed E-state index contributed by atoms with van der Waals surface area (Å²) in [6.07, 6.45) is 35.6. The zero-order chi connectivity index (χ0) is 48.4. The molecule has 6 aliphatic carbocycles. The van der Waals surface area contributed by atoms with Gasteiger partial charge in [0.2, 0.25) is 0 Å². The van der Waals surface area contributed by atoms with E-state index >= 15 is 0 Å². The van der Waals surface area contributed by atoms with Crippen LogP contribution < -0.4 is 5.32 Å². The first-order valence-electron chi connectivity index (χ1n) is 27.1. The van der Waals surface area contributed by atoms with Crippen LogP contribution in [0.15, 0.2) is 244 Å². The summed E-state index contributed by atoms with van der Waals surface area (Å²) in [7, 11) is 0. The largest absolute Gasteiger partial charge is 0.347 e. The van der Waals surface area contributed by atoms with E-state index in [1.807, 2.05) is 0 Å². The van der Waals surface area contributed by atoms with Crippen molar-refractivity contribution < 1.29 is 0 Å². The lowest BCUT2D eigenvalue weighted by Gasteiger charge is -2.40. The number of likely N-dealkylation sites (tertiary alicyclic amines) is 1. The third-order valence-electron chi connectivity index (χ3n) is 17.9. The van der Waals surface area contributed by atoms with Gasteiger partial charge in [0.05, 0.1) is 11.0 Å². The first-order chi connectivity index (χ1) is 36.6. The molecule has 0 bridgehead atoms. The van der Waals surface area contributed by atoms with Gasteiger partial charge in [-0.2, -0.15) is 0 Å². The minimum Gasteiger partial charge on any atom is -0.347 e. The predicted octanol–water partition coefficient (Wildman–Crippen LogP) is 15.6. The lowest BCUT2D eigenvalue weighted by Crippen LogP contribution is -2.46. The van der Waals surface area contributed by atoms with Crippen LogP contribution in [0, 0.1) is 29.6 Å². The number of aryl methyl sites for hydroxylation is 1. The van der Waals surface area contributed by atoms with Gasteiger partial charge in [-0.15, -0.1) is 0 Å². The summed E-state index contributed by atoms with van der Waals surface area (Å²) in [4.78, 5) is 14.0. The average molecular weight is 954 g/mol. The van der Waals surface area contributed by atoms with E-state index in [2.05, 4.69) is 227 Å². The summed E-state index contributed by atoms with van der Waals surface area (Å²) >= 11 is 0. The number of aromatic nitrogens is 1. The number of nitrogens with zero attached hydrogens (tertiary/aromatic N) is 4. The fourth-order valence-corrected chi connectivity index (χ4v) is 14.4. The second-order valence-electron chi connectivity index (χ2n) is 21.8. The smallest absolute Gasteiger partial charge is 0.155 e. The summed E-state index contributed by atoms with van der Waals surface area (Å²) < 4.78 is 2.56. The summed E-state index contributed by atoms with van der Waals surface area (Å²) in [5.74, 6) is 3.36. The Balaban J connectivity index is 0.823. The highest BCUT2D eigenvalue weighted by Gasteiger charge is 2.49. The molecule has 5 nitrogen and oxygen atoms in total. The van der Waals surface area contributed by atoms with Gasteiger partial charge in [0, 0.05) is 68.5 Å². The van der Waals surface area contributed by atoms with Gasteiger partial charge in [-0.25, -0.2) is 9.98 Å². The van der Waals surface area contributed by atoms with E-state index < -0.39 is 0 Å². The van der Waals surface area contributed by atoms with Gasteiger partial charge in [0.15, 0.2) is 5.84 Å². The maximum absolute atomic E-state index is 5.71. The summed E-state index contributed by atoms with van der Waals surface area (Å²) in [5.41, 5.74) is 14.4. The highest BCUT2D eigenvalue weighted by molar-refractivity contribution is 6.20. The Morgan fingerprint density at radius 2 is 1.41 bits per heavy atom. The molecule has 1 fully saturated rings. The van der Waals surface area contributed by atoms with Gasteiger partial charge in [-0.3, -0.25) is 0 Å². The minimum atomic E-state index is -0.250. The summed E-state index contributed by atoms with van der Waals surface area (Å²) in [6, 6.07) is 51.8. The van der Waals surface area contributed by atoms with Crippen LogP contribution in [0.25, 0.3) is 65.9 Å². The predicted molar refractivity (Wildman–Crippen MR) is 308 cm³/mol. The molecule has 0 amide bonds. The summed E-state index contributed by atoms with van der Waals surface area (Å²) in [6.45, 7) is 0. The Morgan fingerprint density at radius 1 is 0.622 bits per heavy atom. The Labute approximate surface area is 431 Å². The topological polar surface area (TPSA) is 44.9 Å². The molecular formula is C69H55N5. The van der Waals surface area contributed by atoms with Crippen LogP contribution in [-0.4, -0.2) is 33.3 Å². The van der Waals surface area contributed by atoms with E-state index in [1.54, 1.807) is 0 Å². The van der Waals surface area contributed by atoms with Crippen molar-refractivity contribution in [2.45, 2.75) is 50.7 Å². The number of rotatable bonds is 5. The summed E-state index contributed by atoms with van der Waals surface area (Å²) in [5, 5.41) is 14.2. The molecule has 74 heavy (non-hydrogen) atoms. The average Bonchev–Trinajstić information content (AvgIpc) is 3.99. The molecule has 8 aromatic rings. The number of nitrogens with one attached hydrogen (secondary N) is 1.